The fraction of sp³-hybridized carbons (Fsp3) is 0.400. The number of nitrogens with zero attached hydrogens (tertiary/aromatic N) is 3. The Hall–Kier alpha value is -2.57. The van der Waals surface area contributed by atoms with E-state index in [0.29, 0.717) is 56.1 Å². The van der Waals surface area contributed by atoms with Gasteiger partial charge in [0.1, 0.15) is 12.1 Å². The van der Waals surface area contributed by atoms with Gasteiger partial charge in [-0.25, -0.2) is 0 Å². The largest absolute Gasteiger partial charge is 0.382 e. The molecule has 1 fully saturated rings. The number of ether oxygens (including phenoxy) is 1. The highest BCUT2D eigenvalue weighted by atomic mass is 16.5. The summed E-state index contributed by atoms with van der Waals surface area (Å²) in [6.45, 7) is 2.79. The molecule has 1 aromatic carbocycles. The molecule has 0 spiro atoms. The molecule has 0 saturated carbocycles. The van der Waals surface area contributed by atoms with Gasteiger partial charge in [0.2, 0.25) is 5.91 Å². The van der Waals surface area contributed by atoms with E-state index in [1.165, 1.54) is 0 Å². The lowest BCUT2D eigenvalue weighted by Crippen LogP contribution is -2.41. The molecule has 1 N–H and O–H groups in total. The van der Waals surface area contributed by atoms with Crippen LogP contribution in [0.4, 0.5) is 5.69 Å². The summed E-state index contributed by atoms with van der Waals surface area (Å²) in [4.78, 5) is 13.8. The van der Waals surface area contributed by atoms with Crippen LogP contribution >= 0.6 is 0 Å². The van der Waals surface area contributed by atoms with Crippen molar-refractivity contribution in [1.82, 2.24) is 4.90 Å². The molecule has 21 heavy (non-hydrogen) atoms. The zero-order chi connectivity index (χ0) is 15.1. The van der Waals surface area contributed by atoms with Crippen LogP contribution in [0.5, 0.6) is 0 Å². The van der Waals surface area contributed by atoms with Crippen molar-refractivity contribution in [2.75, 3.05) is 38.2 Å². The highest BCUT2D eigenvalue weighted by Crippen LogP contribution is 2.19. The van der Waals surface area contributed by atoms with E-state index in [1.54, 1.807) is 23.1 Å². The van der Waals surface area contributed by atoms with Gasteiger partial charge in [0.05, 0.1) is 30.0 Å². The number of benzene rings is 1. The summed E-state index contributed by atoms with van der Waals surface area (Å²) in [5.41, 5.74) is 1.32. The van der Waals surface area contributed by atoms with Crippen LogP contribution in [0.15, 0.2) is 18.2 Å². The van der Waals surface area contributed by atoms with E-state index in [2.05, 4.69) is 5.32 Å². The third kappa shape index (κ3) is 3.71. The number of carbonyl (C=O) groups is 1. The number of morpholine rings is 1. The molecule has 0 atom stereocenters. The van der Waals surface area contributed by atoms with Gasteiger partial charge in [0.25, 0.3) is 0 Å². The van der Waals surface area contributed by atoms with E-state index in [0.717, 1.165) is 0 Å². The standard InChI is InChI=1S/C15H16N4O2/c16-10-12-2-1-3-13(11-17)15(12)18-5-4-14(20)19-6-8-21-9-7-19/h1-3,18H,4-9H2. The van der Waals surface area contributed by atoms with Crippen LogP contribution in [0.2, 0.25) is 0 Å². The van der Waals surface area contributed by atoms with Crippen molar-refractivity contribution in [3.8, 4) is 12.1 Å². The Bertz CT molecular complexity index is 562. The maximum absolute atomic E-state index is 12.0. The molecular weight excluding hydrogens is 268 g/mol. The Morgan fingerprint density at radius 1 is 1.24 bits per heavy atom. The lowest BCUT2D eigenvalue weighted by atomic mass is 10.1. The van der Waals surface area contributed by atoms with Crippen molar-refractivity contribution in [2.45, 2.75) is 6.42 Å². The van der Waals surface area contributed by atoms with Crippen LogP contribution in [-0.2, 0) is 9.53 Å². The first-order chi connectivity index (χ1) is 10.3. The number of amides is 1. The number of rotatable bonds is 4. The van der Waals surface area contributed by atoms with E-state index < -0.39 is 0 Å². The average molecular weight is 284 g/mol. The number of para-hydroxylation sites is 1. The van der Waals surface area contributed by atoms with Gasteiger partial charge >= 0.3 is 0 Å². The van der Waals surface area contributed by atoms with Crippen molar-refractivity contribution in [1.29, 1.82) is 10.5 Å². The number of hydrogen-bond acceptors (Lipinski definition) is 5. The molecule has 0 aromatic heterocycles. The molecular formula is C15H16N4O2. The van der Waals surface area contributed by atoms with Crippen molar-refractivity contribution in [2.24, 2.45) is 0 Å². The lowest BCUT2D eigenvalue weighted by molar-refractivity contribution is -0.134. The molecule has 1 heterocycles. The van der Waals surface area contributed by atoms with Crippen LogP contribution in [0.3, 0.4) is 0 Å². The molecule has 108 valence electrons. The van der Waals surface area contributed by atoms with Crippen molar-refractivity contribution < 1.29 is 9.53 Å². The van der Waals surface area contributed by atoms with Gasteiger partial charge in [-0.2, -0.15) is 10.5 Å². The van der Waals surface area contributed by atoms with Crippen LogP contribution < -0.4 is 5.32 Å². The minimum Gasteiger partial charge on any atom is -0.382 e. The zero-order valence-electron chi connectivity index (χ0n) is 11.6. The second-order valence-electron chi connectivity index (χ2n) is 4.62. The van der Waals surface area contributed by atoms with E-state index >= 15 is 0 Å². The molecule has 2 rings (SSSR count). The molecule has 1 aliphatic heterocycles. The fourth-order valence-corrected chi connectivity index (χ4v) is 2.19. The average Bonchev–Trinajstić information content (AvgIpc) is 2.55. The van der Waals surface area contributed by atoms with Crippen molar-refractivity contribution in [3.05, 3.63) is 29.3 Å². The summed E-state index contributed by atoms with van der Waals surface area (Å²) in [5, 5.41) is 21.2. The lowest BCUT2D eigenvalue weighted by Gasteiger charge is -2.27. The molecule has 6 heteroatoms. The number of nitrogens with one attached hydrogen (secondary N) is 1. The molecule has 0 unspecified atom stereocenters. The highest BCUT2D eigenvalue weighted by molar-refractivity contribution is 5.77. The van der Waals surface area contributed by atoms with Crippen molar-refractivity contribution in [3.63, 3.8) is 0 Å². The van der Waals surface area contributed by atoms with E-state index in [9.17, 15) is 4.79 Å². The highest BCUT2D eigenvalue weighted by Gasteiger charge is 2.16. The summed E-state index contributed by atoms with van der Waals surface area (Å²) in [7, 11) is 0. The molecule has 1 saturated heterocycles. The maximum Gasteiger partial charge on any atom is 0.224 e. The molecule has 0 aliphatic carbocycles. The summed E-state index contributed by atoms with van der Waals surface area (Å²) in [6, 6.07) is 9.05. The van der Waals surface area contributed by atoms with Crippen LogP contribution in [0, 0.1) is 22.7 Å². The third-order valence-corrected chi connectivity index (χ3v) is 3.31. The fourth-order valence-electron chi connectivity index (χ4n) is 2.19. The first-order valence-corrected chi connectivity index (χ1v) is 6.79. The minimum absolute atomic E-state index is 0.0544. The van der Waals surface area contributed by atoms with E-state index in [4.69, 9.17) is 15.3 Å². The molecule has 1 aliphatic rings. The Morgan fingerprint density at radius 3 is 2.43 bits per heavy atom. The van der Waals surface area contributed by atoms with Gasteiger partial charge in [-0.05, 0) is 12.1 Å². The second-order valence-corrected chi connectivity index (χ2v) is 4.62. The molecule has 0 bridgehead atoms. The molecule has 6 nitrogen and oxygen atoms in total. The molecule has 1 amide bonds. The van der Waals surface area contributed by atoms with Gasteiger partial charge in [0.15, 0.2) is 0 Å². The normalized spacial score (nSPS) is 14.1. The maximum atomic E-state index is 12.0. The summed E-state index contributed by atoms with van der Waals surface area (Å²) < 4.78 is 5.20. The predicted molar refractivity (Wildman–Crippen MR) is 76.4 cm³/mol. The van der Waals surface area contributed by atoms with Crippen molar-refractivity contribution >= 4 is 11.6 Å². The number of hydrogen-bond donors (Lipinski definition) is 1. The topological polar surface area (TPSA) is 89.2 Å². The van der Waals surface area contributed by atoms with E-state index in [1.807, 2.05) is 12.1 Å². The van der Waals surface area contributed by atoms with Gasteiger partial charge in [-0.15, -0.1) is 0 Å². The van der Waals surface area contributed by atoms with Crippen LogP contribution in [0.1, 0.15) is 17.5 Å². The Morgan fingerprint density at radius 2 is 1.86 bits per heavy atom. The SMILES string of the molecule is N#Cc1cccc(C#N)c1NCCC(=O)N1CCOCC1. The molecule has 0 radical (unpaired) electrons. The number of anilines is 1. The summed E-state index contributed by atoms with van der Waals surface area (Å²) >= 11 is 0. The zero-order valence-corrected chi connectivity index (χ0v) is 11.6. The van der Waals surface area contributed by atoms with Crippen LogP contribution in [0.25, 0.3) is 0 Å². The number of carbonyl (C=O) groups excluding carboxylic acids is 1. The minimum atomic E-state index is 0.0544. The molecule has 1 aromatic rings. The first-order valence-electron chi connectivity index (χ1n) is 6.79. The van der Waals surface area contributed by atoms with Gasteiger partial charge in [-0.1, -0.05) is 6.07 Å². The summed E-state index contributed by atoms with van der Waals surface area (Å²) in [5.74, 6) is 0.0544. The smallest absolute Gasteiger partial charge is 0.224 e. The number of nitriles is 2. The Kier molecular flexibility index (Phi) is 5.14. The summed E-state index contributed by atoms with van der Waals surface area (Å²) in [6.07, 6.45) is 0.324. The van der Waals surface area contributed by atoms with Gasteiger partial charge in [0, 0.05) is 26.1 Å². The van der Waals surface area contributed by atoms with Gasteiger partial charge in [-0.3, -0.25) is 4.79 Å². The predicted octanol–water partition coefficient (Wildman–Crippen LogP) is 1.09. The second kappa shape index (κ2) is 7.28. The first kappa shape index (κ1) is 14.8. The Labute approximate surface area is 123 Å². The van der Waals surface area contributed by atoms with Crippen LogP contribution in [-0.4, -0.2) is 43.7 Å². The Balaban J connectivity index is 1.93. The third-order valence-electron chi connectivity index (χ3n) is 3.31. The van der Waals surface area contributed by atoms with E-state index in [-0.39, 0.29) is 5.91 Å². The monoisotopic (exact) mass is 284 g/mol. The quantitative estimate of drug-likeness (QED) is 0.894. The van der Waals surface area contributed by atoms with Gasteiger partial charge < -0.3 is 15.0 Å².